The molecule has 6 rings (SSSR count). The Kier molecular flexibility index (Phi) is 7.38. The van der Waals surface area contributed by atoms with Gasteiger partial charge in [-0.25, -0.2) is 0 Å². The van der Waals surface area contributed by atoms with E-state index in [2.05, 4.69) is 96.4 Å². The van der Waals surface area contributed by atoms with Gasteiger partial charge in [-0.05, 0) is 60.6 Å². The predicted molar refractivity (Wildman–Crippen MR) is 168 cm³/mol. The topological polar surface area (TPSA) is 38.8 Å². The lowest BCUT2D eigenvalue weighted by molar-refractivity contribution is -0.200. The minimum absolute atomic E-state index is 0.226. The maximum atomic E-state index is 14.4. The molecule has 1 heterocycles. The number of fused-ring (bicyclic) bond motifs is 3. The number of carbonyl (C=O) groups is 1. The summed E-state index contributed by atoms with van der Waals surface area (Å²) >= 11 is 0. The largest absolute Gasteiger partial charge is 0.459 e. The molecule has 1 aliphatic heterocycles. The normalized spacial score (nSPS) is 20.7. The molecule has 4 aromatic rings. The van der Waals surface area contributed by atoms with Gasteiger partial charge in [-0.15, -0.1) is 6.58 Å². The zero-order chi connectivity index (χ0) is 29.4. The first-order chi connectivity index (χ1) is 20.3. The third kappa shape index (κ3) is 4.69. The number of ether oxygens (including phenoxy) is 2. The van der Waals surface area contributed by atoms with Gasteiger partial charge in [0.25, 0.3) is 0 Å². The van der Waals surface area contributed by atoms with Crippen LogP contribution in [0.1, 0.15) is 49.4 Å². The third-order valence-electron chi connectivity index (χ3n) is 8.61. The number of nitrogens with zero attached hydrogens (tertiary/aromatic N) is 1. The third-order valence-corrected chi connectivity index (χ3v) is 8.61. The molecule has 0 radical (unpaired) electrons. The summed E-state index contributed by atoms with van der Waals surface area (Å²) in [6, 6.07) is 37.4. The fourth-order valence-electron chi connectivity index (χ4n) is 7.05. The fraction of sp³-hybridized carbons (Fsp3) is 0.289. The number of esters is 1. The number of rotatable bonds is 9. The molecule has 0 bridgehead atoms. The van der Waals surface area contributed by atoms with E-state index in [4.69, 9.17) is 9.47 Å². The first kappa shape index (κ1) is 28.1. The molecule has 2 atom stereocenters. The molecule has 1 fully saturated rings. The summed E-state index contributed by atoms with van der Waals surface area (Å²) in [5, 5.41) is 0. The maximum Gasteiger partial charge on any atom is 0.324 e. The van der Waals surface area contributed by atoms with Crippen LogP contribution in [0.15, 0.2) is 122 Å². The lowest BCUT2D eigenvalue weighted by atomic mass is 9.64. The molecule has 0 spiro atoms. The highest BCUT2D eigenvalue weighted by atomic mass is 16.6. The van der Waals surface area contributed by atoms with E-state index in [1.165, 1.54) is 22.3 Å². The first-order valence-corrected chi connectivity index (χ1v) is 14.8. The Labute approximate surface area is 249 Å². The average molecular weight is 558 g/mol. The zero-order valence-electron chi connectivity index (χ0n) is 24.8. The van der Waals surface area contributed by atoms with Crippen molar-refractivity contribution in [1.82, 2.24) is 4.90 Å². The second-order valence-corrected chi connectivity index (χ2v) is 12.6. The first-order valence-electron chi connectivity index (χ1n) is 14.8. The van der Waals surface area contributed by atoms with Crippen molar-refractivity contribution in [3.63, 3.8) is 0 Å². The van der Waals surface area contributed by atoms with E-state index < -0.39 is 22.6 Å². The number of allylic oxidation sites excluding steroid dienone is 1. The Balaban J connectivity index is 1.50. The summed E-state index contributed by atoms with van der Waals surface area (Å²) in [6.07, 6.45) is 2.56. The molecule has 1 saturated heterocycles. The van der Waals surface area contributed by atoms with Crippen molar-refractivity contribution in [3.05, 3.63) is 144 Å². The summed E-state index contributed by atoms with van der Waals surface area (Å²) in [5.41, 5.74) is 5.21. The Bertz CT molecular complexity index is 1530. The Morgan fingerprint density at radius 2 is 1.40 bits per heavy atom. The molecule has 214 valence electrons. The van der Waals surface area contributed by atoms with E-state index in [1.54, 1.807) is 0 Å². The van der Waals surface area contributed by atoms with Gasteiger partial charge in [0.1, 0.15) is 11.6 Å². The van der Waals surface area contributed by atoms with Gasteiger partial charge >= 0.3 is 5.97 Å². The predicted octanol–water partition coefficient (Wildman–Crippen LogP) is 7.76. The van der Waals surface area contributed by atoms with E-state index in [0.29, 0.717) is 26.2 Å². The van der Waals surface area contributed by atoms with Crippen molar-refractivity contribution in [2.24, 2.45) is 5.41 Å². The van der Waals surface area contributed by atoms with Crippen LogP contribution in [0.2, 0.25) is 0 Å². The summed E-state index contributed by atoms with van der Waals surface area (Å²) in [6.45, 7) is 11.5. The van der Waals surface area contributed by atoms with Crippen LogP contribution in [-0.2, 0) is 26.4 Å². The Morgan fingerprint density at radius 3 is 1.98 bits per heavy atom. The Morgan fingerprint density at radius 1 is 0.857 bits per heavy atom. The van der Waals surface area contributed by atoms with E-state index >= 15 is 0 Å². The van der Waals surface area contributed by atoms with Crippen LogP contribution < -0.4 is 0 Å². The monoisotopic (exact) mass is 557 g/mol. The van der Waals surface area contributed by atoms with Crippen LogP contribution in [0, 0.1) is 5.41 Å². The van der Waals surface area contributed by atoms with Gasteiger partial charge in [-0.1, -0.05) is 115 Å². The molecule has 4 heteroatoms. The molecule has 42 heavy (non-hydrogen) atoms. The SMILES string of the molecule is C=CC[C@]1(COCc2ccccc2)CN(C2(c3ccccc3)c3ccccc3-c3ccccc32)C1C(=O)OC(C)(C)C. The van der Waals surface area contributed by atoms with Crippen LogP contribution in [0.4, 0.5) is 0 Å². The van der Waals surface area contributed by atoms with Gasteiger partial charge in [-0.3, -0.25) is 9.69 Å². The van der Waals surface area contributed by atoms with Gasteiger partial charge in [0.2, 0.25) is 0 Å². The van der Waals surface area contributed by atoms with Crippen molar-refractivity contribution < 1.29 is 14.3 Å². The molecule has 1 unspecified atom stereocenters. The van der Waals surface area contributed by atoms with E-state index in [9.17, 15) is 4.79 Å². The molecular weight excluding hydrogens is 518 g/mol. The van der Waals surface area contributed by atoms with E-state index in [-0.39, 0.29) is 5.97 Å². The molecule has 0 N–H and O–H groups in total. The van der Waals surface area contributed by atoms with Crippen molar-refractivity contribution in [2.45, 2.75) is 51.0 Å². The van der Waals surface area contributed by atoms with Crippen LogP contribution in [0.3, 0.4) is 0 Å². The van der Waals surface area contributed by atoms with Crippen molar-refractivity contribution in [1.29, 1.82) is 0 Å². The molecule has 2 aliphatic rings. The molecule has 0 aromatic heterocycles. The number of carbonyl (C=O) groups excluding carboxylic acids is 1. The van der Waals surface area contributed by atoms with Crippen LogP contribution >= 0.6 is 0 Å². The van der Waals surface area contributed by atoms with Crippen molar-refractivity contribution in [2.75, 3.05) is 13.2 Å². The minimum atomic E-state index is -0.667. The highest BCUT2D eigenvalue weighted by Crippen LogP contribution is 2.60. The summed E-state index contributed by atoms with van der Waals surface area (Å²) in [4.78, 5) is 16.7. The Hall–Kier alpha value is -3.99. The minimum Gasteiger partial charge on any atom is -0.459 e. The van der Waals surface area contributed by atoms with Gasteiger partial charge in [0, 0.05) is 12.0 Å². The number of hydrogen-bond acceptors (Lipinski definition) is 4. The molecule has 4 aromatic carbocycles. The quantitative estimate of drug-likeness (QED) is 0.156. The van der Waals surface area contributed by atoms with Crippen molar-refractivity contribution in [3.8, 4) is 11.1 Å². The fourth-order valence-corrected chi connectivity index (χ4v) is 7.05. The van der Waals surface area contributed by atoms with Crippen LogP contribution in [0.25, 0.3) is 11.1 Å². The summed E-state index contributed by atoms with van der Waals surface area (Å²) < 4.78 is 12.6. The summed E-state index contributed by atoms with van der Waals surface area (Å²) in [5.74, 6) is -0.226. The van der Waals surface area contributed by atoms with Crippen LogP contribution in [-0.4, -0.2) is 35.7 Å². The second-order valence-electron chi connectivity index (χ2n) is 12.6. The molecular formula is C38H39NO3. The standard InChI is InChI=1S/C38H39NO3/c1-5-24-37(27-41-25-28-16-8-6-9-17-28)26-39(34(37)35(40)42-36(2,3)4)38(29-18-10-7-11-19-29)32-22-14-12-20-30(32)31-21-13-15-23-33(31)38/h5-23,34H,1,24-27H2,2-4H3/t34?,37-/m1/s1. The van der Waals surface area contributed by atoms with E-state index in [1.807, 2.05) is 51.1 Å². The smallest absolute Gasteiger partial charge is 0.324 e. The number of likely N-dealkylation sites (tertiary alicyclic amines) is 1. The molecule has 1 aliphatic carbocycles. The highest BCUT2D eigenvalue weighted by molar-refractivity contribution is 5.85. The second kappa shape index (κ2) is 11.0. The molecule has 0 amide bonds. The van der Waals surface area contributed by atoms with Gasteiger partial charge < -0.3 is 9.47 Å². The molecule has 4 nitrogen and oxygen atoms in total. The van der Waals surface area contributed by atoms with Crippen molar-refractivity contribution >= 4 is 5.97 Å². The number of hydrogen-bond donors (Lipinski definition) is 0. The summed E-state index contributed by atoms with van der Waals surface area (Å²) in [7, 11) is 0. The molecule has 0 saturated carbocycles. The van der Waals surface area contributed by atoms with Gasteiger partial charge in [0.15, 0.2) is 0 Å². The van der Waals surface area contributed by atoms with Crippen LogP contribution in [0.5, 0.6) is 0 Å². The average Bonchev–Trinajstić information content (AvgIpc) is 3.27. The zero-order valence-corrected chi connectivity index (χ0v) is 24.8. The lowest BCUT2D eigenvalue weighted by Gasteiger charge is -2.62. The lowest BCUT2D eigenvalue weighted by Crippen LogP contribution is -2.75. The maximum absolute atomic E-state index is 14.4. The van der Waals surface area contributed by atoms with Gasteiger partial charge in [-0.2, -0.15) is 0 Å². The highest BCUT2D eigenvalue weighted by Gasteiger charge is 2.65. The number of benzene rings is 4. The van der Waals surface area contributed by atoms with Gasteiger partial charge in [0.05, 0.1) is 18.8 Å². The van der Waals surface area contributed by atoms with E-state index in [0.717, 1.165) is 11.1 Å².